The van der Waals surface area contributed by atoms with Crippen LogP contribution in [0.5, 0.6) is 0 Å². The van der Waals surface area contributed by atoms with Gasteiger partial charge in [0, 0.05) is 16.6 Å². The van der Waals surface area contributed by atoms with E-state index in [1.54, 1.807) is 0 Å². The topological polar surface area (TPSA) is 29.3 Å². The first kappa shape index (κ1) is 16.7. The normalized spacial score (nSPS) is 14.9. The van der Waals surface area contributed by atoms with E-state index in [-0.39, 0.29) is 5.54 Å². The van der Waals surface area contributed by atoms with Gasteiger partial charge < -0.3 is 5.73 Å². The van der Waals surface area contributed by atoms with Crippen LogP contribution in [0.3, 0.4) is 0 Å². The molecular formula is C16H27BrN2. The van der Waals surface area contributed by atoms with Crippen molar-refractivity contribution in [2.45, 2.75) is 39.2 Å². The second kappa shape index (κ2) is 7.41. The summed E-state index contributed by atoms with van der Waals surface area (Å²) in [5.41, 5.74) is 7.41. The molecule has 0 bridgehead atoms. The van der Waals surface area contributed by atoms with E-state index in [9.17, 15) is 0 Å². The van der Waals surface area contributed by atoms with Crippen molar-refractivity contribution in [1.29, 1.82) is 0 Å². The maximum atomic E-state index is 6.04. The summed E-state index contributed by atoms with van der Waals surface area (Å²) in [7, 11) is 2.19. The molecule has 2 N–H and O–H groups in total. The molecule has 1 unspecified atom stereocenters. The molecule has 1 rings (SSSR count). The Labute approximate surface area is 126 Å². The first-order chi connectivity index (χ1) is 8.87. The summed E-state index contributed by atoms with van der Waals surface area (Å²) < 4.78 is 1.12. The predicted molar refractivity (Wildman–Crippen MR) is 87.4 cm³/mol. The van der Waals surface area contributed by atoms with Crippen LogP contribution in [0.4, 0.5) is 0 Å². The van der Waals surface area contributed by atoms with Crippen molar-refractivity contribution in [2.24, 2.45) is 11.7 Å². The van der Waals surface area contributed by atoms with Crippen molar-refractivity contribution < 1.29 is 0 Å². The number of halogens is 1. The first-order valence-electron chi connectivity index (χ1n) is 7.03. The maximum absolute atomic E-state index is 6.04. The highest BCUT2D eigenvalue weighted by molar-refractivity contribution is 9.10. The SMILES string of the molecule is CC(C)CCN(C)C(C)(CN)Cc1ccc(Br)cc1. The molecule has 1 aromatic rings. The third-order valence-electron chi connectivity index (χ3n) is 3.90. The molecule has 0 aliphatic rings. The highest BCUT2D eigenvalue weighted by atomic mass is 79.9. The second-order valence-electron chi connectivity index (χ2n) is 6.11. The number of rotatable bonds is 7. The number of likely N-dealkylation sites (N-methyl/N-ethyl adjacent to an activating group) is 1. The van der Waals surface area contributed by atoms with Gasteiger partial charge in [0.25, 0.3) is 0 Å². The predicted octanol–water partition coefficient (Wildman–Crippen LogP) is 3.69. The summed E-state index contributed by atoms with van der Waals surface area (Å²) in [6.07, 6.45) is 2.21. The lowest BCUT2D eigenvalue weighted by Crippen LogP contribution is -2.51. The van der Waals surface area contributed by atoms with E-state index in [4.69, 9.17) is 5.73 Å². The average molecular weight is 327 g/mol. The van der Waals surface area contributed by atoms with Crippen molar-refractivity contribution in [3.8, 4) is 0 Å². The van der Waals surface area contributed by atoms with Crippen LogP contribution in [-0.4, -0.2) is 30.6 Å². The Bertz CT molecular complexity index is 375. The van der Waals surface area contributed by atoms with Crippen LogP contribution in [0.25, 0.3) is 0 Å². The molecule has 0 heterocycles. The van der Waals surface area contributed by atoms with Crippen LogP contribution in [0.2, 0.25) is 0 Å². The van der Waals surface area contributed by atoms with Gasteiger partial charge in [-0.1, -0.05) is 41.9 Å². The smallest absolute Gasteiger partial charge is 0.0340 e. The Hall–Kier alpha value is -0.380. The maximum Gasteiger partial charge on any atom is 0.0340 e. The van der Waals surface area contributed by atoms with Crippen LogP contribution in [0.15, 0.2) is 28.7 Å². The molecule has 2 nitrogen and oxygen atoms in total. The lowest BCUT2D eigenvalue weighted by atomic mass is 9.90. The third kappa shape index (κ3) is 5.25. The lowest BCUT2D eigenvalue weighted by molar-refractivity contribution is 0.137. The number of hydrogen-bond donors (Lipinski definition) is 1. The first-order valence-corrected chi connectivity index (χ1v) is 7.82. The molecular weight excluding hydrogens is 300 g/mol. The van der Waals surface area contributed by atoms with Crippen LogP contribution in [0.1, 0.15) is 32.8 Å². The minimum Gasteiger partial charge on any atom is -0.329 e. The van der Waals surface area contributed by atoms with E-state index in [1.807, 2.05) is 0 Å². The molecule has 0 fully saturated rings. The molecule has 108 valence electrons. The monoisotopic (exact) mass is 326 g/mol. The van der Waals surface area contributed by atoms with Crippen LogP contribution >= 0.6 is 15.9 Å². The standard InChI is InChI=1S/C16H27BrN2/c1-13(2)9-10-19(4)16(3,12-18)11-14-5-7-15(17)8-6-14/h5-8,13H,9-12,18H2,1-4H3. The lowest BCUT2D eigenvalue weighted by Gasteiger charge is -2.38. The van der Waals surface area contributed by atoms with E-state index < -0.39 is 0 Å². The van der Waals surface area contributed by atoms with Gasteiger partial charge in [0.2, 0.25) is 0 Å². The van der Waals surface area contributed by atoms with Crippen molar-refractivity contribution in [3.05, 3.63) is 34.3 Å². The molecule has 0 saturated heterocycles. The van der Waals surface area contributed by atoms with Crippen LogP contribution in [-0.2, 0) is 6.42 Å². The van der Waals surface area contributed by atoms with E-state index >= 15 is 0 Å². The van der Waals surface area contributed by atoms with E-state index in [0.717, 1.165) is 23.4 Å². The van der Waals surface area contributed by atoms with Gasteiger partial charge >= 0.3 is 0 Å². The minimum atomic E-state index is 0.0305. The summed E-state index contributed by atoms with van der Waals surface area (Å²) >= 11 is 3.48. The average Bonchev–Trinajstić information content (AvgIpc) is 2.38. The second-order valence-corrected chi connectivity index (χ2v) is 7.02. The highest BCUT2D eigenvalue weighted by Gasteiger charge is 2.27. The molecule has 1 aromatic carbocycles. The summed E-state index contributed by atoms with van der Waals surface area (Å²) in [5.74, 6) is 0.733. The molecule has 1 atom stereocenters. The zero-order valence-electron chi connectivity index (χ0n) is 12.6. The van der Waals surface area contributed by atoms with E-state index in [1.165, 1.54) is 12.0 Å². The van der Waals surface area contributed by atoms with Gasteiger partial charge in [0.15, 0.2) is 0 Å². The molecule has 0 amide bonds. The zero-order chi connectivity index (χ0) is 14.5. The van der Waals surface area contributed by atoms with Crippen molar-refractivity contribution in [1.82, 2.24) is 4.90 Å². The van der Waals surface area contributed by atoms with Crippen LogP contribution < -0.4 is 5.73 Å². The summed E-state index contributed by atoms with van der Waals surface area (Å²) in [4.78, 5) is 2.41. The third-order valence-corrected chi connectivity index (χ3v) is 4.43. The molecule has 0 aliphatic heterocycles. The van der Waals surface area contributed by atoms with Gasteiger partial charge in [-0.3, -0.25) is 4.90 Å². The summed E-state index contributed by atoms with van der Waals surface area (Å²) in [6, 6.07) is 8.54. The van der Waals surface area contributed by atoms with Gasteiger partial charge in [-0.2, -0.15) is 0 Å². The molecule has 0 saturated carbocycles. The van der Waals surface area contributed by atoms with Gasteiger partial charge in [-0.05, 0) is 57.0 Å². The van der Waals surface area contributed by atoms with Crippen molar-refractivity contribution in [3.63, 3.8) is 0 Å². The fourth-order valence-corrected chi connectivity index (χ4v) is 2.39. The largest absolute Gasteiger partial charge is 0.329 e. The van der Waals surface area contributed by atoms with E-state index in [2.05, 4.69) is 72.9 Å². The van der Waals surface area contributed by atoms with Crippen LogP contribution in [0, 0.1) is 5.92 Å². The fourth-order valence-electron chi connectivity index (χ4n) is 2.13. The molecule has 0 aromatic heterocycles. The Balaban J connectivity index is 2.70. The number of nitrogens with two attached hydrogens (primary N) is 1. The number of nitrogens with zero attached hydrogens (tertiary/aromatic N) is 1. The minimum absolute atomic E-state index is 0.0305. The number of hydrogen-bond acceptors (Lipinski definition) is 2. The molecule has 0 spiro atoms. The Kier molecular flexibility index (Phi) is 6.51. The van der Waals surface area contributed by atoms with Gasteiger partial charge in [0.1, 0.15) is 0 Å². The van der Waals surface area contributed by atoms with E-state index in [0.29, 0.717) is 6.54 Å². The molecule has 3 heteroatoms. The Morgan fingerprint density at radius 1 is 1.26 bits per heavy atom. The fraction of sp³-hybridized carbons (Fsp3) is 0.625. The number of benzene rings is 1. The summed E-state index contributed by atoms with van der Waals surface area (Å²) in [6.45, 7) is 8.57. The van der Waals surface area contributed by atoms with Gasteiger partial charge in [-0.25, -0.2) is 0 Å². The van der Waals surface area contributed by atoms with Crippen molar-refractivity contribution in [2.75, 3.05) is 20.1 Å². The Morgan fingerprint density at radius 3 is 2.32 bits per heavy atom. The Morgan fingerprint density at radius 2 is 1.84 bits per heavy atom. The highest BCUT2D eigenvalue weighted by Crippen LogP contribution is 2.21. The van der Waals surface area contributed by atoms with Gasteiger partial charge in [-0.15, -0.1) is 0 Å². The zero-order valence-corrected chi connectivity index (χ0v) is 14.2. The summed E-state index contributed by atoms with van der Waals surface area (Å²) in [5, 5.41) is 0. The molecule has 0 radical (unpaired) electrons. The molecule has 19 heavy (non-hydrogen) atoms. The molecule has 0 aliphatic carbocycles. The van der Waals surface area contributed by atoms with Crippen molar-refractivity contribution >= 4 is 15.9 Å². The quantitative estimate of drug-likeness (QED) is 0.828. The van der Waals surface area contributed by atoms with Gasteiger partial charge in [0.05, 0.1) is 0 Å².